The fraction of sp³-hybridized carbons (Fsp3) is 0.562. The summed E-state index contributed by atoms with van der Waals surface area (Å²) in [5.74, 6) is 0.432. The Bertz CT molecular complexity index is 502. The third-order valence-electron chi connectivity index (χ3n) is 3.46. The van der Waals surface area contributed by atoms with Gasteiger partial charge in [0.25, 0.3) is 0 Å². The molecule has 0 saturated carbocycles. The monoisotopic (exact) mass is 387 g/mol. The van der Waals surface area contributed by atoms with Crippen molar-refractivity contribution in [2.45, 2.75) is 25.5 Å². The Morgan fingerprint density at radius 2 is 2.30 bits per heavy atom. The van der Waals surface area contributed by atoms with E-state index in [1.165, 1.54) is 12.1 Å². The number of guanidine groups is 1. The highest BCUT2D eigenvalue weighted by Gasteiger charge is 2.15. The lowest BCUT2D eigenvalue weighted by molar-refractivity contribution is 0.0420. The molecule has 1 heterocycles. The summed E-state index contributed by atoms with van der Waals surface area (Å²) < 4.78 is 25.0. The second kappa shape index (κ2) is 9.85. The van der Waals surface area contributed by atoms with Crippen LogP contribution in [0.25, 0.3) is 0 Å². The van der Waals surface area contributed by atoms with Gasteiger partial charge in [-0.25, -0.2) is 4.39 Å². The topological polar surface area (TPSA) is 54.9 Å². The predicted molar refractivity (Wildman–Crippen MR) is 92.1 cm³/mol. The fourth-order valence-corrected chi connectivity index (χ4v) is 2.81. The molecule has 0 aliphatic carbocycles. The molecule has 1 saturated heterocycles. The van der Waals surface area contributed by atoms with E-state index in [0.29, 0.717) is 25.7 Å². The average molecular weight is 388 g/mol. The van der Waals surface area contributed by atoms with E-state index in [4.69, 9.17) is 9.47 Å². The Labute approximate surface area is 144 Å². The first-order valence-electron chi connectivity index (χ1n) is 7.76. The third kappa shape index (κ3) is 6.85. The van der Waals surface area contributed by atoms with E-state index in [-0.39, 0.29) is 11.9 Å². The molecule has 2 N–H and O–H groups in total. The van der Waals surface area contributed by atoms with E-state index >= 15 is 0 Å². The molecular formula is C16H23BrFN3O2. The minimum Gasteiger partial charge on any atom is -0.379 e. The molecule has 23 heavy (non-hydrogen) atoms. The molecule has 0 aromatic heterocycles. The van der Waals surface area contributed by atoms with Gasteiger partial charge >= 0.3 is 0 Å². The molecule has 1 aromatic carbocycles. The largest absolute Gasteiger partial charge is 0.379 e. The molecule has 1 unspecified atom stereocenters. The smallest absolute Gasteiger partial charge is 0.191 e. The molecule has 1 atom stereocenters. The van der Waals surface area contributed by atoms with Crippen molar-refractivity contribution < 1.29 is 13.9 Å². The van der Waals surface area contributed by atoms with Crippen molar-refractivity contribution in [3.8, 4) is 0 Å². The highest BCUT2D eigenvalue weighted by molar-refractivity contribution is 9.10. The lowest BCUT2D eigenvalue weighted by Gasteiger charge is -2.13. The summed E-state index contributed by atoms with van der Waals surface area (Å²) in [7, 11) is 1.71. The van der Waals surface area contributed by atoms with E-state index in [2.05, 4.69) is 31.6 Å². The number of hydrogen-bond acceptors (Lipinski definition) is 3. The molecule has 1 aromatic rings. The zero-order valence-electron chi connectivity index (χ0n) is 13.3. The molecule has 0 spiro atoms. The van der Waals surface area contributed by atoms with Crippen molar-refractivity contribution >= 4 is 21.9 Å². The Hall–Kier alpha value is -1.18. The van der Waals surface area contributed by atoms with E-state index < -0.39 is 0 Å². The highest BCUT2D eigenvalue weighted by Crippen LogP contribution is 2.14. The molecule has 2 rings (SSSR count). The van der Waals surface area contributed by atoms with E-state index in [1.54, 1.807) is 7.05 Å². The first kappa shape index (κ1) is 18.2. The van der Waals surface area contributed by atoms with Crippen LogP contribution >= 0.6 is 15.9 Å². The molecule has 1 aliphatic rings. The van der Waals surface area contributed by atoms with Crippen LogP contribution in [-0.2, 0) is 16.0 Å². The molecule has 128 valence electrons. The number of hydrogen-bond donors (Lipinski definition) is 2. The van der Waals surface area contributed by atoms with E-state index in [0.717, 1.165) is 36.0 Å². The van der Waals surface area contributed by atoms with Crippen LogP contribution in [-0.4, -0.2) is 45.5 Å². The second-order valence-electron chi connectivity index (χ2n) is 5.34. The Morgan fingerprint density at radius 1 is 1.43 bits per heavy atom. The molecule has 0 amide bonds. The fourth-order valence-electron chi connectivity index (χ4n) is 2.29. The summed E-state index contributed by atoms with van der Waals surface area (Å²) >= 11 is 3.29. The third-order valence-corrected chi connectivity index (χ3v) is 3.92. The van der Waals surface area contributed by atoms with Crippen molar-refractivity contribution in [1.29, 1.82) is 0 Å². The van der Waals surface area contributed by atoms with Crippen molar-refractivity contribution in [3.05, 3.63) is 34.1 Å². The normalized spacial score (nSPS) is 18.2. The van der Waals surface area contributed by atoms with Gasteiger partial charge in [0.1, 0.15) is 5.82 Å². The molecule has 0 bridgehead atoms. The molecule has 5 nitrogen and oxygen atoms in total. The van der Waals surface area contributed by atoms with Crippen molar-refractivity contribution in [2.24, 2.45) is 4.99 Å². The maximum atomic E-state index is 13.3. The molecule has 7 heteroatoms. The standard InChI is InChI=1S/C16H23BrFN3O2/c1-19-16(20-4-2-5-23-15-3-6-22-11-15)21-10-12-7-13(17)9-14(18)8-12/h7-9,15H,2-6,10-11H2,1H3,(H2,19,20,21). The SMILES string of the molecule is CN=C(NCCCOC1CCOC1)NCc1cc(F)cc(Br)c1. The first-order chi connectivity index (χ1) is 11.2. The highest BCUT2D eigenvalue weighted by atomic mass is 79.9. The number of ether oxygens (including phenoxy) is 2. The summed E-state index contributed by atoms with van der Waals surface area (Å²) in [6.07, 6.45) is 2.13. The van der Waals surface area contributed by atoms with Crippen LogP contribution in [0.2, 0.25) is 0 Å². The van der Waals surface area contributed by atoms with Gasteiger partial charge in [-0.05, 0) is 36.6 Å². The quantitative estimate of drug-likeness (QED) is 0.428. The number of aliphatic imine (C=N–C) groups is 1. The summed E-state index contributed by atoms with van der Waals surface area (Å²) in [4.78, 5) is 4.15. The molecule has 1 fully saturated rings. The van der Waals surface area contributed by atoms with Gasteiger partial charge in [-0.15, -0.1) is 0 Å². The number of nitrogens with one attached hydrogen (secondary N) is 2. The Balaban J connectivity index is 1.63. The van der Waals surface area contributed by atoms with Crippen LogP contribution in [0.5, 0.6) is 0 Å². The summed E-state index contributed by atoms with van der Waals surface area (Å²) in [5, 5.41) is 6.38. The van der Waals surface area contributed by atoms with Crippen LogP contribution in [0.1, 0.15) is 18.4 Å². The van der Waals surface area contributed by atoms with Crippen LogP contribution in [0.15, 0.2) is 27.7 Å². The number of rotatable bonds is 7. The van der Waals surface area contributed by atoms with Crippen LogP contribution in [0.4, 0.5) is 4.39 Å². The van der Waals surface area contributed by atoms with Gasteiger partial charge in [-0.2, -0.15) is 0 Å². The minimum atomic E-state index is -0.257. The van der Waals surface area contributed by atoms with Gasteiger partial charge in [-0.3, -0.25) is 4.99 Å². The van der Waals surface area contributed by atoms with Crippen molar-refractivity contribution in [3.63, 3.8) is 0 Å². The Morgan fingerprint density at radius 3 is 3.00 bits per heavy atom. The second-order valence-corrected chi connectivity index (χ2v) is 6.26. The lowest BCUT2D eigenvalue weighted by atomic mass is 10.2. The van der Waals surface area contributed by atoms with Crippen LogP contribution < -0.4 is 10.6 Å². The molecule has 1 aliphatic heterocycles. The summed E-state index contributed by atoms with van der Waals surface area (Å²) in [6.45, 7) is 3.48. The average Bonchev–Trinajstić information content (AvgIpc) is 3.02. The van der Waals surface area contributed by atoms with Gasteiger partial charge in [-0.1, -0.05) is 15.9 Å². The predicted octanol–water partition coefficient (Wildman–Crippen LogP) is 2.45. The first-order valence-corrected chi connectivity index (χ1v) is 8.55. The van der Waals surface area contributed by atoms with Gasteiger partial charge in [0.2, 0.25) is 0 Å². The lowest BCUT2D eigenvalue weighted by Crippen LogP contribution is -2.37. The van der Waals surface area contributed by atoms with Gasteiger partial charge < -0.3 is 20.1 Å². The number of halogens is 2. The van der Waals surface area contributed by atoms with Crippen molar-refractivity contribution in [2.75, 3.05) is 33.4 Å². The summed E-state index contributed by atoms with van der Waals surface area (Å²) in [6, 6.07) is 4.81. The maximum absolute atomic E-state index is 13.3. The van der Waals surface area contributed by atoms with E-state index in [1.807, 2.05) is 6.07 Å². The minimum absolute atomic E-state index is 0.249. The van der Waals surface area contributed by atoms with Gasteiger partial charge in [0, 0.05) is 37.8 Å². The number of benzene rings is 1. The number of nitrogens with zero attached hydrogens (tertiary/aromatic N) is 1. The molecular weight excluding hydrogens is 365 g/mol. The Kier molecular flexibility index (Phi) is 7.78. The summed E-state index contributed by atoms with van der Waals surface area (Å²) in [5.41, 5.74) is 0.851. The van der Waals surface area contributed by atoms with Crippen LogP contribution in [0, 0.1) is 5.82 Å². The van der Waals surface area contributed by atoms with Gasteiger partial charge in [0.05, 0.1) is 12.7 Å². The van der Waals surface area contributed by atoms with Gasteiger partial charge in [0.15, 0.2) is 5.96 Å². The maximum Gasteiger partial charge on any atom is 0.191 e. The zero-order valence-corrected chi connectivity index (χ0v) is 14.9. The molecule has 0 radical (unpaired) electrons. The zero-order chi connectivity index (χ0) is 16.5. The van der Waals surface area contributed by atoms with Crippen LogP contribution in [0.3, 0.4) is 0 Å². The van der Waals surface area contributed by atoms with E-state index in [9.17, 15) is 4.39 Å². The van der Waals surface area contributed by atoms with Crippen molar-refractivity contribution in [1.82, 2.24) is 10.6 Å².